The summed E-state index contributed by atoms with van der Waals surface area (Å²) in [6, 6.07) is -3.45. The Labute approximate surface area is 261 Å². The fourth-order valence-electron chi connectivity index (χ4n) is 5.03. The summed E-state index contributed by atoms with van der Waals surface area (Å²) in [4.78, 5) is 0. The van der Waals surface area contributed by atoms with E-state index in [9.17, 15) is 35.7 Å². The van der Waals surface area contributed by atoms with Gasteiger partial charge in [0.05, 0.1) is 44.6 Å². The molecule has 3 aliphatic rings. The minimum Gasteiger partial charge on any atom is -0.394 e. The third kappa shape index (κ3) is 9.64. The molecule has 0 radical (unpaired) electrons. The Kier molecular flexibility index (Phi) is 15.4. The number of thiol groups is 1. The van der Waals surface area contributed by atoms with Gasteiger partial charge in [-0.2, -0.15) is 12.6 Å². The third-order valence-corrected chi connectivity index (χ3v) is 8.21. The molecule has 0 saturated carbocycles. The topological polar surface area (TPSA) is 287 Å². The van der Waals surface area contributed by atoms with Gasteiger partial charge >= 0.3 is 0 Å². The standard InChI is InChI=1S/C26H50N4O13S/c1-11(4-2-7-44)30-5-3-6-38-24-15(27)22(36)19(33)13(42-24)9-40-26-17(29)23(37)20(34)14(43-26)10-39-25-16(28)21(35)18(32)12(8-31)41-25/h12-26,30-37,44H,1-10,27-29H2. The molecule has 0 aromatic rings. The van der Waals surface area contributed by atoms with E-state index in [0.717, 1.165) is 24.3 Å². The smallest absolute Gasteiger partial charge is 0.175 e. The highest BCUT2D eigenvalue weighted by molar-refractivity contribution is 7.80. The molecule has 3 aliphatic heterocycles. The first-order chi connectivity index (χ1) is 20.9. The molecule has 18 heteroatoms. The molecule has 0 aromatic heterocycles. The van der Waals surface area contributed by atoms with Gasteiger partial charge in [-0.25, -0.2) is 0 Å². The lowest BCUT2D eigenvalue weighted by atomic mass is 9.96. The largest absolute Gasteiger partial charge is 0.394 e. The summed E-state index contributed by atoms with van der Waals surface area (Å²) in [5, 5.41) is 74.8. The SMILES string of the molecule is C=C(CCCS)NCCCOC1OC(COC2OC(COC3OC(CO)C(O)C(O)C3N)C(O)C(O)C2N)C(O)C(O)C1N. The van der Waals surface area contributed by atoms with Crippen molar-refractivity contribution in [1.82, 2.24) is 5.32 Å². The van der Waals surface area contributed by atoms with Crippen LogP contribution in [0.4, 0.5) is 0 Å². The quantitative estimate of drug-likeness (QED) is 0.0544. The second kappa shape index (κ2) is 18.0. The number of ether oxygens (including phenoxy) is 6. The van der Waals surface area contributed by atoms with Crippen LogP contribution >= 0.6 is 12.6 Å². The molecule has 15 unspecified atom stereocenters. The van der Waals surface area contributed by atoms with Gasteiger partial charge in [-0.3, -0.25) is 0 Å². The fraction of sp³-hybridized carbons (Fsp3) is 0.923. The van der Waals surface area contributed by atoms with Crippen LogP contribution in [0, 0.1) is 0 Å². The Morgan fingerprint density at radius 3 is 1.57 bits per heavy atom. The van der Waals surface area contributed by atoms with E-state index in [1.54, 1.807) is 0 Å². The highest BCUT2D eigenvalue weighted by Crippen LogP contribution is 2.27. The van der Waals surface area contributed by atoms with Crippen LogP contribution in [0.5, 0.6) is 0 Å². The number of allylic oxidation sites excluding steroid dienone is 1. The molecule has 3 saturated heterocycles. The first kappa shape index (κ1) is 37.7. The molecule has 14 N–H and O–H groups in total. The molecule has 3 rings (SSSR count). The maximum atomic E-state index is 10.6. The van der Waals surface area contributed by atoms with Gasteiger partial charge in [0.25, 0.3) is 0 Å². The monoisotopic (exact) mass is 658 g/mol. The summed E-state index contributed by atoms with van der Waals surface area (Å²) in [6.07, 6.45) is -13.6. The highest BCUT2D eigenvalue weighted by Gasteiger charge is 2.48. The molecule has 0 aromatic carbocycles. The van der Waals surface area contributed by atoms with Gasteiger partial charge in [-0.15, -0.1) is 0 Å². The third-order valence-electron chi connectivity index (χ3n) is 7.89. The van der Waals surface area contributed by atoms with Crippen molar-refractivity contribution in [3.05, 3.63) is 12.3 Å². The molecule has 44 heavy (non-hydrogen) atoms. The van der Waals surface area contributed by atoms with Crippen molar-refractivity contribution < 1.29 is 64.2 Å². The van der Waals surface area contributed by atoms with Crippen LogP contribution in [0.1, 0.15) is 19.3 Å². The van der Waals surface area contributed by atoms with Crippen molar-refractivity contribution in [2.24, 2.45) is 17.2 Å². The molecule has 0 amide bonds. The Morgan fingerprint density at radius 1 is 0.682 bits per heavy atom. The lowest BCUT2D eigenvalue weighted by molar-refractivity contribution is -0.312. The molecule has 0 aliphatic carbocycles. The molecule has 3 fully saturated rings. The van der Waals surface area contributed by atoms with Crippen molar-refractivity contribution in [2.45, 2.75) is 111 Å². The molecule has 0 bridgehead atoms. The van der Waals surface area contributed by atoms with Gasteiger partial charge in [0.15, 0.2) is 18.9 Å². The van der Waals surface area contributed by atoms with E-state index >= 15 is 0 Å². The second-order valence-electron chi connectivity index (χ2n) is 11.2. The van der Waals surface area contributed by atoms with Gasteiger partial charge in [0.2, 0.25) is 0 Å². The van der Waals surface area contributed by atoms with Gasteiger partial charge in [-0.05, 0) is 25.0 Å². The zero-order valence-corrected chi connectivity index (χ0v) is 25.4. The summed E-state index contributed by atoms with van der Waals surface area (Å²) in [5.74, 6) is 0.770. The Morgan fingerprint density at radius 2 is 1.11 bits per heavy atom. The lowest BCUT2D eigenvalue weighted by Gasteiger charge is -2.44. The minimum atomic E-state index is -1.52. The highest BCUT2D eigenvalue weighted by atomic mass is 32.1. The van der Waals surface area contributed by atoms with E-state index in [1.165, 1.54) is 0 Å². The Hall–Kier alpha value is -0.750. The molecule has 0 spiro atoms. The van der Waals surface area contributed by atoms with E-state index in [0.29, 0.717) is 13.0 Å². The molecule has 3 heterocycles. The van der Waals surface area contributed by atoms with Crippen LogP contribution in [0.3, 0.4) is 0 Å². The average Bonchev–Trinajstić information content (AvgIpc) is 3.01. The van der Waals surface area contributed by atoms with E-state index < -0.39 is 105 Å². The second-order valence-corrected chi connectivity index (χ2v) is 11.7. The molecule has 15 atom stereocenters. The Bertz CT molecular complexity index is 869. The molecular formula is C26H50N4O13S. The van der Waals surface area contributed by atoms with Crippen molar-refractivity contribution in [1.29, 1.82) is 0 Å². The van der Waals surface area contributed by atoms with Crippen LogP contribution in [-0.4, -0.2) is 166 Å². The van der Waals surface area contributed by atoms with E-state index in [1.807, 2.05) is 0 Å². The van der Waals surface area contributed by atoms with Crippen LogP contribution in [0.2, 0.25) is 0 Å². The van der Waals surface area contributed by atoms with Crippen LogP contribution < -0.4 is 22.5 Å². The summed E-state index contributed by atoms with van der Waals surface area (Å²) < 4.78 is 33.9. The number of nitrogens with one attached hydrogen (secondary N) is 1. The first-order valence-corrected chi connectivity index (χ1v) is 15.3. The molecule has 258 valence electrons. The molecular weight excluding hydrogens is 608 g/mol. The number of hydrogen-bond donors (Lipinski definition) is 12. The predicted octanol–water partition coefficient (Wildman–Crippen LogP) is -5.45. The van der Waals surface area contributed by atoms with Crippen molar-refractivity contribution in [2.75, 3.05) is 38.7 Å². The average molecular weight is 659 g/mol. The van der Waals surface area contributed by atoms with E-state index in [4.69, 9.17) is 45.6 Å². The van der Waals surface area contributed by atoms with Crippen molar-refractivity contribution >= 4 is 12.6 Å². The number of aliphatic hydroxyl groups is 7. The van der Waals surface area contributed by atoms with Crippen LogP contribution in [0.25, 0.3) is 0 Å². The first-order valence-electron chi connectivity index (χ1n) is 14.7. The minimum absolute atomic E-state index is 0.243. The van der Waals surface area contributed by atoms with Gasteiger partial charge in [0, 0.05) is 12.2 Å². The lowest BCUT2D eigenvalue weighted by Crippen LogP contribution is -2.65. The summed E-state index contributed by atoms with van der Waals surface area (Å²) in [6.45, 7) is 3.42. The van der Waals surface area contributed by atoms with Gasteiger partial charge in [0.1, 0.15) is 54.9 Å². The zero-order valence-electron chi connectivity index (χ0n) is 24.5. The van der Waals surface area contributed by atoms with Crippen LogP contribution in [-0.2, 0) is 28.4 Å². The summed E-state index contributed by atoms with van der Waals surface area (Å²) in [7, 11) is 0. The number of nitrogens with two attached hydrogens (primary N) is 3. The van der Waals surface area contributed by atoms with Crippen LogP contribution in [0.15, 0.2) is 12.3 Å². The van der Waals surface area contributed by atoms with E-state index in [-0.39, 0.29) is 13.2 Å². The van der Waals surface area contributed by atoms with Crippen molar-refractivity contribution in [3.63, 3.8) is 0 Å². The van der Waals surface area contributed by atoms with Gasteiger partial charge in [-0.1, -0.05) is 6.58 Å². The maximum Gasteiger partial charge on any atom is 0.175 e. The molecule has 17 nitrogen and oxygen atoms in total. The van der Waals surface area contributed by atoms with Crippen molar-refractivity contribution in [3.8, 4) is 0 Å². The predicted molar refractivity (Wildman–Crippen MR) is 156 cm³/mol. The summed E-state index contributed by atoms with van der Waals surface area (Å²) in [5.41, 5.74) is 18.8. The van der Waals surface area contributed by atoms with Gasteiger partial charge < -0.3 is 86.7 Å². The Balaban J connectivity index is 1.51. The zero-order chi connectivity index (χ0) is 32.6. The van der Waals surface area contributed by atoms with E-state index in [2.05, 4.69) is 24.5 Å². The summed E-state index contributed by atoms with van der Waals surface area (Å²) >= 11 is 4.18. The number of aliphatic hydroxyl groups excluding tert-OH is 7. The number of rotatable bonds is 16. The maximum absolute atomic E-state index is 10.6. The number of hydrogen-bond acceptors (Lipinski definition) is 18. The normalized spacial score (nSPS) is 43.1. The fourth-order valence-corrected chi connectivity index (χ4v) is 5.19.